The van der Waals surface area contributed by atoms with Crippen LogP contribution in [-0.4, -0.2) is 60.3 Å². The second kappa shape index (κ2) is 9.07. The molecule has 1 saturated carbocycles. The summed E-state index contributed by atoms with van der Waals surface area (Å²) in [6, 6.07) is 16.8. The predicted octanol–water partition coefficient (Wildman–Crippen LogP) is 5.95. The fourth-order valence-corrected chi connectivity index (χ4v) is 6.69. The van der Waals surface area contributed by atoms with Crippen molar-refractivity contribution in [1.29, 1.82) is 0 Å². The SMILES string of the molecule is CCC1(N2CCN(c3cc(Cl)cc4cc(-c5ccccc5)oc34)CC2)CNC(=O)N1C1CCCC1. The Hall–Kier alpha value is -2.70. The van der Waals surface area contributed by atoms with E-state index in [1.54, 1.807) is 0 Å². The first kappa shape index (κ1) is 22.7. The first-order chi connectivity index (χ1) is 17.1. The lowest BCUT2D eigenvalue weighted by molar-refractivity contribution is -0.0313. The highest BCUT2D eigenvalue weighted by atomic mass is 35.5. The molecule has 1 aliphatic carbocycles. The maximum absolute atomic E-state index is 12.9. The van der Waals surface area contributed by atoms with E-state index in [1.165, 1.54) is 12.8 Å². The summed E-state index contributed by atoms with van der Waals surface area (Å²) in [5, 5.41) is 4.92. The molecule has 2 saturated heterocycles. The van der Waals surface area contributed by atoms with Crippen molar-refractivity contribution in [2.24, 2.45) is 0 Å². The molecule has 3 fully saturated rings. The molecule has 6 rings (SSSR count). The molecule has 2 aliphatic heterocycles. The number of nitrogens with one attached hydrogen (secondary N) is 1. The van der Waals surface area contributed by atoms with Gasteiger partial charge in [0.15, 0.2) is 5.58 Å². The fourth-order valence-electron chi connectivity index (χ4n) is 6.47. The molecule has 1 unspecified atom stereocenters. The Bertz CT molecular complexity index is 1210. The van der Waals surface area contributed by atoms with Gasteiger partial charge in [-0.15, -0.1) is 0 Å². The molecule has 3 aromatic rings. The van der Waals surface area contributed by atoms with E-state index < -0.39 is 0 Å². The van der Waals surface area contributed by atoms with Crippen LogP contribution in [0.5, 0.6) is 0 Å². The summed E-state index contributed by atoms with van der Waals surface area (Å²) in [5.41, 5.74) is 2.77. The minimum atomic E-state index is -0.229. The van der Waals surface area contributed by atoms with Gasteiger partial charge in [0.25, 0.3) is 0 Å². The maximum atomic E-state index is 12.9. The third-order valence-electron chi connectivity index (χ3n) is 8.27. The third-order valence-corrected chi connectivity index (χ3v) is 8.49. The minimum Gasteiger partial charge on any atom is -0.454 e. The smallest absolute Gasteiger partial charge is 0.319 e. The average molecular weight is 493 g/mol. The van der Waals surface area contributed by atoms with E-state index in [4.69, 9.17) is 16.0 Å². The van der Waals surface area contributed by atoms with E-state index >= 15 is 0 Å². The van der Waals surface area contributed by atoms with Gasteiger partial charge in [-0.05, 0) is 37.5 Å². The highest BCUT2D eigenvalue weighted by Crippen LogP contribution is 2.39. The molecule has 0 bridgehead atoms. The number of hydrogen-bond donors (Lipinski definition) is 1. The molecule has 3 heterocycles. The summed E-state index contributed by atoms with van der Waals surface area (Å²) >= 11 is 6.55. The lowest BCUT2D eigenvalue weighted by Crippen LogP contribution is -2.66. The Morgan fingerprint density at radius 2 is 1.80 bits per heavy atom. The van der Waals surface area contributed by atoms with Crippen LogP contribution in [0.25, 0.3) is 22.3 Å². The molecule has 0 radical (unpaired) electrons. The van der Waals surface area contributed by atoms with Crippen LogP contribution in [0.2, 0.25) is 5.02 Å². The summed E-state index contributed by atoms with van der Waals surface area (Å²) in [6.45, 7) is 6.46. The van der Waals surface area contributed by atoms with Crippen molar-refractivity contribution in [3.8, 4) is 11.3 Å². The summed E-state index contributed by atoms with van der Waals surface area (Å²) in [4.78, 5) is 20.0. The number of halogens is 1. The number of nitrogens with zero attached hydrogens (tertiary/aromatic N) is 3. The number of amides is 2. The number of carbonyl (C=O) groups is 1. The number of fused-ring (bicyclic) bond motifs is 1. The molecular formula is C28H33ClN4O2. The van der Waals surface area contributed by atoms with Crippen LogP contribution in [0.4, 0.5) is 10.5 Å². The van der Waals surface area contributed by atoms with Crippen molar-refractivity contribution >= 4 is 34.3 Å². The zero-order valence-corrected chi connectivity index (χ0v) is 21.1. The van der Waals surface area contributed by atoms with E-state index in [0.29, 0.717) is 12.6 Å². The molecule has 1 N–H and O–H groups in total. The van der Waals surface area contributed by atoms with Gasteiger partial charge in [0.1, 0.15) is 11.4 Å². The van der Waals surface area contributed by atoms with Crippen LogP contribution < -0.4 is 10.2 Å². The highest BCUT2D eigenvalue weighted by Gasteiger charge is 2.51. The zero-order valence-electron chi connectivity index (χ0n) is 20.3. The first-order valence-electron chi connectivity index (χ1n) is 12.9. The molecule has 7 heteroatoms. The van der Waals surface area contributed by atoms with Crippen LogP contribution in [-0.2, 0) is 0 Å². The van der Waals surface area contributed by atoms with Gasteiger partial charge in [-0.1, -0.05) is 61.7 Å². The van der Waals surface area contributed by atoms with E-state index in [-0.39, 0.29) is 11.7 Å². The van der Waals surface area contributed by atoms with Gasteiger partial charge in [-0.3, -0.25) is 4.90 Å². The second-order valence-electron chi connectivity index (χ2n) is 10.1. The molecule has 1 aromatic heterocycles. The first-order valence-corrected chi connectivity index (χ1v) is 13.3. The number of anilines is 1. The monoisotopic (exact) mass is 492 g/mol. The summed E-state index contributed by atoms with van der Waals surface area (Å²) < 4.78 is 6.38. The van der Waals surface area contributed by atoms with Gasteiger partial charge in [0.2, 0.25) is 0 Å². The quantitative estimate of drug-likeness (QED) is 0.478. The highest BCUT2D eigenvalue weighted by molar-refractivity contribution is 6.31. The van der Waals surface area contributed by atoms with Gasteiger partial charge in [0.05, 0.1) is 12.2 Å². The van der Waals surface area contributed by atoms with Gasteiger partial charge < -0.3 is 19.5 Å². The van der Waals surface area contributed by atoms with E-state index in [1.807, 2.05) is 30.3 Å². The molecule has 2 amide bonds. The second-order valence-corrected chi connectivity index (χ2v) is 10.5. The Labute approximate surface area is 211 Å². The Kier molecular flexibility index (Phi) is 5.89. The van der Waals surface area contributed by atoms with Crippen LogP contribution in [0.3, 0.4) is 0 Å². The number of hydrogen-bond acceptors (Lipinski definition) is 4. The van der Waals surface area contributed by atoms with Crippen molar-refractivity contribution < 1.29 is 9.21 Å². The Balaban J connectivity index is 1.26. The van der Waals surface area contributed by atoms with Crippen molar-refractivity contribution in [3.63, 3.8) is 0 Å². The van der Waals surface area contributed by atoms with E-state index in [2.05, 4.69) is 45.1 Å². The molecule has 2 aromatic carbocycles. The topological polar surface area (TPSA) is 52.0 Å². The van der Waals surface area contributed by atoms with Crippen molar-refractivity contribution in [3.05, 3.63) is 53.6 Å². The standard InChI is InChI=1S/C28H33ClN4O2/c1-2-28(19-30-27(34)33(28)23-10-6-7-11-23)32-14-12-31(13-15-32)24-18-22(29)16-21-17-25(35-26(21)24)20-8-4-3-5-9-20/h3-5,8-9,16-18,23H,2,6-7,10-15,19H2,1H3,(H,30,34). The molecular weight excluding hydrogens is 460 g/mol. The van der Waals surface area contributed by atoms with Gasteiger partial charge in [0, 0.05) is 48.2 Å². The zero-order chi connectivity index (χ0) is 24.0. The van der Waals surface area contributed by atoms with E-state index in [0.717, 1.165) is 78.4 Å². The lowest BCUT2D eigenvalue weighted by Gasteiger charge is -2.50. The number of rotatable bonds is 5. The maximum Gasteiger partial charge on any atom is 0.319 e. The molecule has 184 valence electrons. The number of urea groups is 1. The number of carbonyl (C=O) groups excluding carboxylic acids is 1. The molecule has 3 aliphatic rings. The van der Waals surface area contributed by atoms with Crippen LogP contribution in [0.1, 0.15) is 39.0 Å². The summed E-state index contributed by atoms with van der Waals surface area (Å²) in [7, 11) is 0. The van der Waals surface area contributed by atoms with Gasteiger partial charge in [-0.25, -0.2) is 4.79 Å². The van der Waals surface area contributed by atoms with Gasteiger partial charge >= 0.3 is 6.03 Å². The summed E-state index contributed by atoms with van der Waals surface area (Å²) in [6.07, 6.45) is 5.62. The molecule has 1 atom stereocenters. The number of piperazine rings is 1. The molecule has 35 heavy (non-hydrogen) atoms. The van der Waals surface area contributed by atoms with Gasteiger partial charge in [-0.2, -0.15) is 0 Å². The van der Waals surface area contributed by atoms with Crippen molar-refractivity contribution in [2.75, 3.05) is 37.6 Å². The van der Waals surface area contributed by atoms with Crippen LogP contribution in [0.15, 0.2) is 52.9 Å². The van der Waals surface area contributed by atoms with Crippen LogP contribution >= 0.6 is 11.6 Å². The van der Waals surface area contributed by atoms with Crippen molar-refractivity contribution in [2.45, 2.75) is 50.7 Å². The number of furan rings is 1. The number of benzene rings is 2. The average Bonchev–Trinajstić information content (AvgIpc) is 3.63. The predicted molar refractivity (Wildman–Crippen MR) is 141 cm³/mol. The molecule has 0 spiro atoms. The third kappa shape index (κ3) is 3.87. The Morgan fingerprint density at radius 3 is 2.51 bits per heavy atom. The van der Waals surface area contributed by atoms with E-state index in [9.17, 15) is 4.79 Å². The Morgan fingerprint density at radius 1 is 1.06 bits per heavy atom. The largest absolute Gasteiger partial charge is 0.454 e. The minimum absolute atomic E-state index is 0.113. The van der Waals surface area contributed by atoms with Crippen LogP contribution in [0, 0.1) is 0 Å². The fraction of sp³-hybridized carbons (Fsp3) is 0.464. The molecule has 6 nitrogen and oxygen atoms in total. The van der Waals surface area contributed by atoms with Crippen molar-refractivity contribution in [1.82, 2.24) is 15.1 Å². The lowest BCUT2D eigenvalue weighted by atomic mass is 9.99. The summed E-state index contributed by atoms with van der Waals surface area (Å²) in [5.74, 6) is 0.857. The normalized spacial score (nSPS) is 24.0.